The number of carbonyl (C=O) groups is 1. The fraction of sp³-hybridized carbons (Fsp3) is 0.174. The molecule has 150 valence electrons. The molecule has 0 spiro atoms. The van der Waals surface area contributed by atoms with E-state index in [1.165, 1.54) is 12.1 Å². The van der Waals surface area contributed by atoms with Crippen LogP contribution < -0.4 is 10.1 Å². The standard InChI is InChI=1S/C23H21F2NO3/c1-16-19(13-8-14-20(16)29-23(24)25)26-21(27)15-28-22(17-9-4-2-5-10-17)18-11-6-3-7-12-18/h2-14,22-23H,15H2,1H3,(H,26,27). The van der Waals surface area contributed by atoms with Crippen molar-refractivity contribution < 1.29 is 23.0 Å². The lowest BCUT2D eigenvalue weighted by atomic mass is 10.0. The van der Waals surface area contributed by atoms with Crippen molar-refractivity contribution in [3.63, 3.8) is 0 Å². The van der Waals surface area contributed by atoms with Crippen molar-refractivity contribution in [3.05, 3.63) is 95.6 Å². The van der Waals surface area contributed by atoms with Gasteiger partial charge in [0.05, 0.1) is 0 Å². The van der Waals surface area contributed by atoms with Crippen molar-refractivity contribution in [1.82, 2.24) is 0 Å². The second-order valence-electron chi connectivity index (χ2n) is 6.37. The smallest absolute Gasteiger partial charge is 0.387 e. The molecule has 0 bridgehead atoms. The minimum atomic E-state index is -2.93. The predicted molar refractivity (Wildman–Crippen MR) is 107 cm³/mol. The van der Waals surface area contributed by atoms with Crippen molar-refractivity contribution in [2.24, 2.45) is 0 Å². The molecule has 0 fully saturated rings. The molecule has 3 rings (SSSR count). The summed E-state index contributed by atoms with van der Waals surface area (Å²) in [4.78, 5) is 12.4. The van der Waals surface area contributed by atoms with Gasteiger partial charge >= 0.3 is 6.61 Å². The van der Waals surface area contributed by atoms with Crippen LogP contribution in [-0.4, -0.2) is 19.1 Å². The molecule has 3 aromatic carbocycles. The lowest BCUT2D eigenvalue weighted by Crippen LogP contribution is -2.21. The molecule has 0 aromatic heterocycles. The summed E-state index contributed by atoms with van der Waals surface area (Å²) in [5, 5.41) is 2.69. The quantitative estimate of drug-likeness (QED) is 0.558. The molecule has 0 aliphatic rings. The molecular formula is C23H21F2NO3. The van der Waals surface area contributed by atoms with E-state index in [9.17, 15) is 13.6 Å². The third-order valence-corrected chi connectivity index (χ3v) is 4.36. The Morgan fingerprint density at radius 1 is 0.897 bits per heavy atom. The summed E-state index contributed by atoms with van der Waals surface area (Å²) in [6, 6.07) is 23.8. The van der Waals surface area contributed by atoms with E-state index >= 15 is 0 Å². The number of halogens is 2. The summed E-state index contributed by atoms with van der Waals surface area (Å²) in [5.41, 5.74) is 2.67. The first-order valence-electron chi connectivity index (χ1n) is 9.10. The van der Waals surface area contributed by atoms with E-state index in [0.29, 0.717) is 11.3 Å². The number of hydrogen-bond donors (Lipinski definition) is 1. The van der Waals surface area contributed by atoms with E-state index in [-0.39, 0.29) is 18.3 Å². The maximum atomic E-state index is 12.5. The highest BCUT2D eigenvalue weighted by Gasteiger charge is 2.17. The molecule has 6 heteroatoms. The summed E-state index contributed by atoms with van der Waals surface area (Å²) < 4.78 is 35.4. The van der Waals surface area contributed by atoms with Gasteiger partial charge in [-0.05, 0) is 30.2 Å². The van der Waals surface area contributed by atoms with Crippen molar-refractivity contribution in [1.29, 1.82) is 0 Å². The molecule has 0 aliphatic carbocycles. The summed E-state index contributed by atoms with van der Waals surface area (Å²) in [6.45, 7) is -1.53. The average Bonchev–Trinajstić information content (AvgIpc) is 2.72. The topological polar surface area (TPSA) is 47.6 Å². The summed E-state index contributed by atoms with van der Waals surface area (Å²) >= 11 is 0. The molecule has 0 unspecified atom stereocenters. The number of anilines is 1. The Bertz CT molecular complexity index is 894. The number of rotatable bonds is 8. The highest BCUT2D eigenvalue weighted by Crippen LogP contribution is 2.28. The molecule has 0 heterocycles. The number of ether oxygens (including phenoxy) is 2. The van der Waals surface area contributed by atoms with Crippen molar-refractivity contribution in [2.45, 2.75) is 19.6 Å². The fourth-order valence-electron chi connectivity index (χ4n) is 2.96. The van der Waals surface area contributed by atoms with Gasteiger partial charge < -0.3 is 14.8 Å². The molecular weight excluding hydrogens is 376 g/mol. The second-order valence-corrected chi connectivity index (χ2v) is 6.37. The fourth-order valence-corrected chi connectivity index (χ4v) is 2.96. The summed E-state index contributed by atoms with van der Waals surface area (Å²) in [6.07, 6.45) is -0.405. The summed E-state index contributed by atoms with van der Waals surface area (Å²) in [5.74, 6) is -0.371. The molecule has 3 aromatic rings. The lowest BCUT2D eigenvalue weighted by molar-refractivity contribution is -0.121. The number of hydrogen-bond acceptors (Lipinski definition) is 3. The van der Waals surface area contributed by atoms with Crippen molar-refractivity contribution in [2.75, 3.05) is 11.9 Å². The van der Waals surface area contributed by atoms with Crippen molar-refractivity contribution in [3.8, 4) is 5.75 Å². The van der Waals surface area contributed by atoms with Crippen LogP contribution >= 0.6 is 0 Å². The highest BCUT2D eigenvalue weighted by molar-refractivity contribution is 5.92. The van der Waals surface area contributed by atoms with Crippen molar-refractivity contribution >= 4 is 11.6 Å². The van der Waals surface area contributed by atoms with Crippen LogP contribution in [0.4, 0.5) is 14.5 Å². The third kappa shape index (κ3) is 5.62. The van der Waals surface area contributed by atoms with Gasteiger partial charge in [0.25, 0.3) is 0 Å². The Labute approximate surface area is 168 Å². The van der Waals surface area contributed by atoms with Gasteiger partial charge in [-0.2, -0.15) is 8.78 Å². The zero-order valence-corrected chi connectivity index (χ0v) is 15.8. The van der Waals surface area contributed by atoms with Gasteiger partial charge in [-0.15, -0.1) is 0 Å². The number of benzene rings is 3. The van der Waals surface area contributed by atoms with Gasteiger partial charge in [0.15, 0.2) is 0 Å². The minimum Gasteiger partial charge on any atom is -0.434 e. The van der Waals surface area contributed by atoms with Gasteiger partial charge in [0, 0.05) is 11.3 Å². The zero-order valence-electron chi connectivity index (χ0n) is 15.8. The van der Waals surface area contributed by atoms with Crippen LogP contribution in [0.15, 0.2) is 78.9 Å². The van der Waals surface area contributed by atoms with E-state index in [1.54, 1.807) is 13.0 Å². The monoisotopic (exact) mass is 397 g/mol. The van der Waals surface area contributed by atoms with E-state index in [1.807, 2.05) is 60.7 Å². The molecule has 0 atom stereocenters. The molecule has 0 radical (unpaired) electrons. The average molecular weight is 397 g/mol. The normalized spacial score (nSPS) is 10.9. The Kier molecular flexibility index (Phi) is 6.92. The van der Waals surface area contributed by atoms with Crippen LogP contribution in [0.3, 0.4) is 0 Å². The Morgan fingerprint density at radius 3 is 2.03 bits per heavy atom. The molecule has 29 heavy (non-hydrogen) atoms. The van der Waals surface area contributed by atoms with Crippen LogP contribution in [-0.2, 0) is 9.53 Å². The Morgan fingerprint density at radius 2 is 1.48 bits per heavy atom. The van der Waals surface area contributed by atoms with Crippen LogP contribution in [0.25, 0.3) is 0 Å². The molecule has 0 saturated carbocycles. The predicted octanol–water partition coefficient (Wildman–Crippen LogP) is 5.34. The van der Waals surface area contributed by atoms with E-state index in [0.717, 1.165) is 11.1 Å². The largest absolute Gasteiger partial charge is 0.434 e. The van der Waals surface area contributed by atoms with E-state index in [4.69, 9.17) is 4.74 Å². The third-order valence-electron chi connectivity index (χ3n) is 4.36. The minimum absolute atomic E-state index is 0.0187. The van der Waals surface area contributed by atoms with Gasteiger partial charge in [-0.25, -0.2) is 0 Å². The van der Waals surface area contributed by atoms with Gasteiger partial charge in [0.2, 0.25) is 5.91 Å². The maximum absolute atomic E-state index is 12.5. The second kappa shape index (κ2) is 9.80. The first kappa shape index (κ1) is 20.5. The van der Waals surface area contributed by atoms with Crippen LogP contribution in [0, 0.1) is 6.92 Å². The van der Waals surface area contributed by atoms with E-state index < -0.39 is 12.7 Å². The SMILES string of the molecule is Cc1c(NC(=O)COC(c2ccccc2)c2ccccc2)cccc1OC(F)F. The number of nitrogens with one attached hydrogen (secondary N) is 1. The molecule has 1 amide bonds. The molecule has 0 saturated heterocycles. The Balaban J connectivity index is 1.70. The molecule has 0 aliphatic heterocycles. The van der Waals surface area contributed by atoms with Crippen LogP contribution in [0.5, 0.6) is 5.75 Å². The highest BCUT2D eigenvalue weighted by atomic mass is 19.3. The zero-order chi connectivity index (χ0) is 20.6. The van der Waals surface area contributed by atoms with E-state index in [2.05, 4.69) is 10.1 Å². The first-order chi connectivity index (χ1) is 14.0. The number of carbonyl (C=O) groups excluding carboxylic acids is 1. The van der Waals surface area contributed by atoms with Gasteiger partial charge in [0.1, 0.15) is 18.5 Å². The van der Waals surface area contributed by atoms with Crippen LogP contribution in [0.1, 0.15) is 22.8 Å². The maximum Gasteiger partial charge on any atom is 0.387 e. The van der Waals surface area contributed by atoms with Crippen LogP contribution in [0.2, 0.25) is 0 Å². The lowest BCUT2D eigenvalue weighted by Gasteiger charge is -2.19. The summed E-state index contributed by atoms with van der Waals surface area (Å²) in [7, 11) is 0. The number of alkyl halides is 2. The number of amides is 1. The van der Waals surface area contributed by atoms with Gasteiger partial charge in [-0.1, -0.05) is 66.7 Å². The van der Waals surface area contributed by atoms with Gasteiger partial charge in [-0.3, -0.25) is 4.79 Å². The molecule has 4 nitrogen and oxygen atoms in total. The Hall–Kier alpha value is -3.25. The molecule has 1 N–H and O–H groups in total. The first-order valence-corrected chi connectivity index (χ1v) is 9.10.